The third kappa shape index (κ3) is 7.91. The van der Waals surface area contributed by atoms with Crippen LogP contribution in [0.15, 0.2) is 0 Å². The van der Waals surface area contributed by atoms with Crippen molar-refractivity contribution < 1.29 is 22.8 Å². The van der Waals surface area contributed by atoms with Crippen molar-refractivity contribution in [2.75, 3.05) is 13.7 Å². The molecule has 0 aromatic carbocycles. The number of methoxy groups -OCH3 is 1. The van der Waals surface area contributed by atoms with Crippen LogP contribution in [0.1, 0.15) is 0 Å². The molecule has 1 saturated heterocycles. The molecule has 5 nitrogen and oxygen atoms in total. The maximum Gasteiger partial charge on any atom is 0.184 e. The van der Waals surface area contributed by atoms with Gasteiger partial charge in [-0.2, -0.15) is 0 Å². The van der Waals surface area contributed by atoms with Crippen molar-refractivity contribution in [2.24, 2.45) is 0 Å². The summed E-state index contributed by atoms with van der Waals surface area (Å²) in [4.78, 5) is 0. The van der Waals surface area contributed by atoms with Gasteiger partial charge in [0.1, 0.15) is 12.2 Å². The molecule has 0 unspecified atom stereocenters. The number of hydrogen-bond acceptors (Lipinski definition) is 5. The topological polar surface area (TPSA) is 46.2 Å². The summed E-state index contributed by atoms with van der Waals surface area (Å²) in [5.74, 6) is 0. The Balaban J connectivity index is 3.08. The van der Waals surface area contributed by atoms with Crippen LogP contribution in [0.2, 0.25) is 58.9 Å². The molecular weight excluding hydrogens is 344 g/mol. The monoisotopic (exact) mass is 380 g/mol. The van der Waals surface area contributed by atoms with Crippen LogP contribution in [0, 0.1) is 0 Å². The fourth-order valence-electron chi connectivity index (χ4n) is 2.59. The summed E-state index contributed by atoms with van der Waals surface area (Å²) in [7, 11) is -3.59. The van der Waals surface area contributed by atoms with Crippen LogP contribution in [0.5, 0.6) is 0 Å². The molecule has 23 heavy (non-hydrogen) atoms. The zero-order valence-corrected chi connectivity index (χ0v) is 19.6. The zero-order valence-electron chi connectivity index (χ0n) is 16.6. The van der Waals surface area contributed by atoms with Crippen LogP contribution in [0.4, 0.5) is 0 Å². The lowest BCUT2D eigenvalue weighted by molar-refractivity contribution is -0.250. The normalized spacial score (nSPS) is 30.5. The van der Waals surface area contributed by atoms with E-state index in [1.807, 2.05) is 0 Å². The van der Waals surface area contributed by atoms with Gasteiger partial charge in [0.05, 0.1) is 12.7 Å². The second-order valence-electron chi connectivity index (χ2n) is 9.10. The van der Waals surface area contributed by atoms with Crippen LogP contribution in [-0.2, 0) is 22.8 Å². The number of ether oxygens (including phenoxy) is 2. The van der Waals surface area contributed by atoms with Gasteiger partial charge < -0.3 is 22.8 Å². The Hall–Kier alpha value is 0.451. The van der Waals surface area contributed by atoms with E-state index < -0.39 is 31.2 Å². The Kier molecular flexibility index (Phi) is 7.27. The highest BCUT2D eigenvalue weighted by molar-refractivity contribution is 6.70. The number of hydrogen-bond donors (Lipinski definition) is 0. The maximum absolute atomic E-state index is 6.50. The number of rotatable bonds is 7. The van der Waals surface area contributed by atoms with Gasteiger partial charge in [0, 0.05) is 7.11 Å². The SMILES string of the molecule is CO[C@@H]1OC[C@H](O[Si](C)(C)C)[C@@H](O[Si](C)(C)C)[C@H]1O[Si](C)(C)C. The summed E-state index contributed by atoms with van der Waals surface area (Å²) in [6.07, 6.45) is -0.877. The summed E-state index contributed by atoms with van der Waals surface area (Å²) >= 11 is 0. The van der Waals surface area contributed by atoms with Crippen LogP contribution < -0.4 is 0 Å². The van der Waals surface area contributed by atoms with Gasteiger partial charge in [-0.25, -0.2) is 0 Å². The quantitative estimate of drug-likeness (QED) is 0.631. The van der Waals surface area contributed by atoms with Crippen LogP contribution in [0.25, 0.3) is 0 Å². The van der Waals surface area contributed by atoms with E-state index in [9.17, 15) is 0 Å². The molecule has 1 aliphatic rings. The molecule has 0 aliphatic carbocycles. The highest BCUT2D eigenvalue weighted by Crippen LogP contribution is 2.30. The van der Waals surface area contributed by atoms with Crippen molar-refractivity contribution in [1.29, 1.82) is 0 Å². The predicted molar refractivity (Wildman–Crippen MR) is 101 cm³/mol. The average molecular weight is 381 g/mol. The fourth-order valence-corrected chi connectivity index (χ4v) is 5.86. The standard InChI is InChI=1S/C15H36O5Si3/c1-16-15-14(20-23(8,9)10)13(19-22(5,6)7)12(11-17-15)18-21(2,3)4/h12-15H,11H2,1-10H3/t12-,13+,14+,15+/m0/s1. The van der Waals surface area contributed by atoms with Crippen molar-refractivity contribution in [3.63, 3.8) is 0 Å². The van der Waals surface area contributed by atoms with Crippen molar-refractivity contribution in [3.8, 4) is 0 Å². The van der Waals surface area contributed by atoms with Gasteiger partial charge in [-0.3, -0.25) is 0 Å². The Morgan fingerprint density at radius 1 is 0.696 bits per heavy atom. The van der Waals surface area contributed by atoms with Gasteiger partial charge in [-0.15, -0.1) is 0 Å². The zero-order chi connectivity index (χ0) is 18.1. The van der Waals surface area contributed by atoms with E-state index >= 15 is 0 Å². The highest BCUT2D eigenvalue weighted by atomic mass is 28.4. The second kappa shape index (κ2) is 7.77. The molecule has 1 heterocycles. The molecule has 1 fully saturated rings. The minimum atomic E-state index is -1.78. The maximum atomic E-state index is 6.50. The molecule has 0 aromatic rings. The molecular formula is C15H36O5Si3. The minimum Gasteiger partial charge on any atom is -0.410 e. The lowest BCUT2D eigenvalue weighted by Gasteiger charge is -2.47. The third-order valence-electron chi connectivity index (χ3n) is 3.10. The summed E-state index contributed by atoms with van der Waals surface area (Å²) in [6.45, 7) is 20.2. The largest absolute Gasteiger partial charge is 0.410 e. The summed E-state index contributed by atoms with van der Waals surface area (Å²) in [6, 6.07) is 0. The first kappa shape index (κ1) is 21.5. The first-order chi connectivity index (χ1) is 10.2. The molecule has 1 rings (SSSR count). The van der Waals surface area contributed by atoms with Crippen LogP contribution in [-0.4, -0.2) is 63.3 Å². The molecule has 0 bridgehead atoms. The fraction of sp³-hybridized carbons (Fsp3) is 1.00. The van der Waals surface area contributed by atoms with Gasteiger partial charge in [0.2, 0.25) is 0 Å². The summed E-state index contributed by atoms with van der Waals surface area (Å²) in [5, 5.41) is 0. The lowest BCUT2D eigenvalue weighted by Crippen LogP contribution is -2.62. The van der Waals surface area contributed by atoms with Crippen LogP contribution in [0.3, 0.4) is 0 Å². The van der Waals surface area contributed by atoms with Gasteiger partial charge in [-0.1, -0.05) is 0 Å². The second-order valence-corrected chi connectivity index (χ2v) is 22.5. The van der Waals surface area contributed by atoms with Gasteiger partial charge >= 0.3 is 0 Å². The third-order valence-corrected chi connectivity index (χ3v) is 6.07. The van der Waals surface area contributed by atoms with E-state index in [1.165, 1.54) is 0 Å². The van der Waals surface area contributed by atoms with Crippen molar-refractivity contribution >= 4 is 25.0 Å². The van der Waals surface area contributed by atoms with E-state index in [0.717, 1.165) is 0 Å². The molecule has 0 N–H and O–H groups in total. The van der Waals surface area contributed by atoms with E-state index in [1.54, 1.807) is 7.11 Å². The highest BCUT2D eigenvalue weighted by Gasteiger charge is 2.47. The van der Waals surface area contributed by atoms with E-state index in [2.05, 4.69) is 58.9 Å². The molecule has 0 amide bonds. The smallest absolute Gasteiger partial charge is 0.184 e. The van der Waals surface area contributed by atoms with Crippen LogP contribution >= 0.6 is 0 Å². The first-order valence-electron chi connectivity index (χ1n) is 8.40. The molecule has 0 radical (unpaired) electrons. The molecule has 8 heteroatoms. The summed E-state index contributed by atoms with van der Waals surface area (Å²) in [5.41, 5.74) is 0. The lowest BCUT2D eigenvalue weighted by atomic mass is 10.1. The van der Waals surface area contributed by atoms with E-state index in [-0.39, 0.29) is 18.3 Å². The minimum absolute atomic E-state index is 0.0962. The molecule has 4 atom stereocenters. The molecule has 138 valence electrons. The predicted octanol–water partition coefficient (Wildman–Crippen LogP) is 3.65. The molecule has 0 saturated carbocycles. The Morgan fingerprint density at radius 2 is 1.13 bits per heavy atom. The molecule has 0 aromatic heterocycles. The van der Waals surface area contributed by atoms with Crippen molar-refractivity contribution in [2.45, 2.75) is 83.5 Å². The Morgan fingerprint density at radius 3 is 1.52 bits per heavy atom. The van der Waals surface area contributed by atoms with Gasteiger partial charge in [0.15, 0.2) is 31.2 Å². The first-order valence-corrected chi connectivity index (χ1v) is 18.6. The Bertz CT molecular complexity index is 373. The molecule has 1 aliphatic heterocycles. The average Bonchev–Trinajstić information content (AvgIpc) is 2.28. The Labute approximate surface area is 145 Å². The van der Waals surface area contributed by atoms with E-state index in [0.29, 0.717) is 6.61 Å². The van der Waals surface area contributed by atoms with Gasteiger partial charge in [0.25, 0.3) is 0 Å². The van der Waals surface area contributed by atoms with E-state index in [4.69, 9.17) is 22.8 Å². The molecule has 0 spiro atoms. The van der Waals surface area contributed by atoms with Gasteiger partial charge in [-0.05, 0) is 58.9 Å². The van der Waals surface area contributed by atoms with Crippen molar-refractivity contribution in [3.05, 3.63) is 0 Å². The summed E-state index contributed by atoms with van der Waals surface area (Å²) < 4.78 is 30.7. The van der Waals surface area contributed by atoms with Crippen molar-refractivity contribution in [1.82, 2.24) is 0 Å².